The van der Waals surface area contributed by atoms with Gasteiger partial charge in [0, 0.05) is 17.5 Å². The molecule has 2 unspecified atom stereocenters. The van der Waals surface area contributed by atoms with Crippen LogP contribution in [0, 0.1) is 12.8 Å². The van der Waals surface area contributed by atoms with Gasteiger partial charge in [0.15, 0.2) is 5.78 Å². The molecule has 0 saturated carbocycles. The van der Waals surface area contributed by atoms with Crippen LogP contribution >= 0.6 is 0 Å². The van der Waals surface area contributed by atoms with E-state index in [1.807, 2.05) is 68.4 Å². The summed E-state index contributed by atoms with van der Waals surface area (Å²) in [5.41, 5.74) is 9.01. The molecule has 0 spiro atoms. The standard InChI is InChI=1S/C17H19NO/c1-12-7-6-10-15(11-12)17(19)13(2)16(18)14-8-4-3-5-9-14/h3-11,13,16H,18H2,1-2H3. The summed E-state index contributed by atoms with van der Waals surface area (Å²) < 4.78 is 0. The Bertz CT molecular complexity index is 562. The van der Waals surface area contributed by atoms with Gasteiger partial charge in [-0.3, -0.25) is 4.79 Å². The van der Waals surface area contributed by atoms with Crippen molar-refractivity contribution in [1.29, 1.82) is 0 Å². The predicted molar refractivity (Wildman–Crippen MR) is 78.0 cm³/mol. The van der Waals surface area contributed by atoms with Crippen LogP contribution in [0.1, 0.15) is 34.5 Å². The maximum Gasteiger partial charge on any atom is 0.167 e. The van der Waals surface area contributed by atoms with Crippen molar-refractivity contribution < 1.29 is 4.79 Å². The molecule has 0 radical (unpaired) electrons. The second-order valence-corrected chi connectivity index (χ2v) is 4.96. The predicted octanol–water partition coefficient (Wildman–Crippen LogP) is 3.51. The lowest BCUT2D eigenvalue weighted by atomic mass is 9.88. The normalized spacial score (nSPS) is 13.8. The van der Waals surface area contributed by atoms with Crippen molar-refractivity contribution in [2.24, 2.45) is 11.7 Å². The molecule has 98 valence electrons. The lowest BCUT2D eigenvalue weighted by Gasteiger charge is -2.19. The lowest BCUT2D eigenvalue weighted by Crippen LogP contribution is -2.26. The summed E-state index contributed by atoms with van der Waals surface area (Å²) in [5, 5.41) is 0. The van der Waals surface area contributed by atoms with Gasteiger partial charge in [-0.1, -0.05) is 61.0 Å². The minimum absolute atomic E-state index is 0.0973. The van der Waals surface area contributed by atoms with Crippen molar-refractivity contribution >= 4 is 5.78 Å². The van der Waals surface area contributed by atoms with Crippen LogP contribution in [-0.2, 0) is 0 Å². The van der Waals surface area contributed by atoms with Crippen LogP contribution in [0.25, 0.3) is 0 Å². The first-order valence-corrected chi connectivity index (χ1v) is 6.51. The van der Waals surface area contributed by atoms with Crippen LogP contribution in [0.2, 0.25) is 0 Å². The Morgan fingerprint density at radius 2 is 1.74 bits per heavy atom. The molecule has 0 heterocycles. The zero-order chi connectivity index (χ0) is 13.8. The van der Waals surface area contributed by atoms with Crippen LogP contribution in [0.5, 0.6) is 0 Å². The molecule has 2 aromatic carbocycles. The average molecular weight is 253 g/mol. The molecule has 0 aromatic heterocycles. The van der Waals surface area contributed by atoms with Gasteiger partial charge >= 0.3 is 0 Å². The highest BCUT2D eigenvalue weighted by atomic mass is 16.1. The van der Waals surface area contributed by atoms with Crippen molar-refractivity contribution in [3.63, 3.8) is 0 Å². The summed E-state index contributed by atoms with van der Waals surface area (Å²) in [7, 11) is 0. The number of carbonyl (C=O) groups is 1. The van der Waals surface area contributed by atoms with Crippen LogP contribution in [0.4, 0.5) is 0 Å². The van der Waals surface area contributed by atoms with Crippen LogP contribution in [-0.4, -0.2) is 5.78 Å². The van der Waals surface area contributed by atoms with Gasteiger partial charge in [0.2, 0.25) is 0 Å². The highest BCUT2D eigenvalue weighted by Gasteiger charge is 2.23. The molecule has 2 nitrogen and oxygen atoms in total. The van der Waals surface area contributed by atoms with Crippen LogP contribution < -0.4 is 5.73 Å². The molecule has 0 aliphatic heterocycles. The first kappa shape index (κ1) is 13.5. The van der Waals surface area contributed by atoms with E-state index >= 15 is 0 Å². The van der Waals surface area contributed by atoms with Gasteiger partial charge in [0.1, 0.15) is 0 Å². The monoisotopic (exact) mass is 253 g/mol. The molecule has 0 bridgehead atoms. The molecule has 0 aliphatic rings. The molecule has 19 heavy (non-hydrogen) atoms. The maximum atomic E-state index is 12.4. The highest BCUT2D eigenvalue weighted by Crippen LogP contribution is 2.23. The average Bonchev–Trinajstić information content (AvgIpc) is 2.46. The fourth-order valence-electron chi connectivity index (χ4n) is 2.19. The van der Waals surface area contributed by atoms with Crippen molar-refractivity contribution in [1.82, 2.24) is 0 Å². The van der Waals surface area contributed by atoms with E-state index in [4.69, 9.17) is 5.73 Å². The fraction of sp³-hybridized carbons (Fsp3) is 0.235. The zero-order valence-corrected chi connectivity index (χ0v) is 11.3. The number of benzene rings is 2. The first-order valence-electron chi connectivity index (χ1n) is 6.51. The van der Waals surface area contributed by atoms with E-state index < -0.39 is 0 Å². The molecule has 2 rings (SSSR count). The van der Waals surface area contributed by atoms with Crippen molar-refractivity contribution in [2.45, 2.75) is 19.9 Å². The topological polar surface area (TPSA) is 43.1 Å². The Kier molecular flexibility index (Phi) is 4.13. The second kappa shape index (κ2) is 5.81. The number of rotatable bonds is 4. The molecule has 2 aromatic rings. The number of carbonyl (C=O) groups excluding carboxylic acids is 1. The van der Waals surface area contributed by atoms with Gasteiger partial charge in [-0.05, 0) is 18.6 Å². The smallest absolute Gasteiger partial charge is 0.167 e. The Labute approximate surface area is 114 Å². The summed E-state index contributed by atoms with van der Waals surface area (Å²) in [6.45, 7) is 3.88. The number of nitrogens with two attached hydrogens (primary N) is 1. The maximum absolute atomic E-state index is 12.4. The molecule has 2 atom stereocenters. The second-order valence-electron chi connectivity index (χ2n) is 4.96. The van der Waals surface area contributed by atoms with Crippen molar-refractivity contribution in [2.75, 3.05) is 0 Å². The third-order valence-electron chi connectivity index (χ3n) is 3.44. The summed E-state index contributed by atoms with van der Waals surface area (Å²) in [6, 6.07) is 17.1. The van der Waals surface area contributed by atoms with E-state index in [1.54, 1.807) is 0 Å². The quantitative estimate of drug-likeness (QED) is 0.847. The molecule has 0 saturated heterocycles. The summed E-state index contributed by atoms with van der Waals surface area (Å²) in [5.74, 6) is -0.135. The number of aryl methyl sites for hydroxylation is 1. The molecule has 0 fully saturated rings. The first-order chi connectivity index (χ1) is 9.09. The Hall–Kier alpha value is -1.93. The molecule has 2 N–H and O–H groups in total. The minimum Gasteiger partial charge on any atom is -0.323 e. The number of Topliss-reactive ketones (excluding diaryl/α,β-unsaturated/α-hetero) is 1. The van der Waals surface area contributed by atoms with E-state index in [0.717, 1.165) is 16.7 Å². The van der Waals surface area contributed by atoms with E-state index in [-0.39, 0.29) is 17.7 Å². The summed E-state index contributed by atoms with van der Waals surface area (Å²) in [6.07, 6.45) is 0. The van der Waals surface area contributed by atoms with E-state index in [2.05, 4.69) is 0 Å². The van der Waals surface area contributed by atoms with Gasteiger partial charge < -0.3 is 5.73 Å². The van der Waals surface area contributed by atoms with Crippen molar-refractivity contribution in [3.05, 3.63) is 71.3 Å². The molecule has 2 heteroatoms. The molecular weight excluding hydrogens is 234 g/mol. The van der Waals surface area contributed by atoms with Crippen molar-refractivity contribution in [3.8, 4) is 0 Å². The number of ketones is 1. The van der Waals surface area contributed by atoms with E-state index in [0.29, 0.717) is 0 Å². The minimum atomic E-state index is -0.269. The molecular formula is C17H19NO. The Balaban J connectivity index is 2.20. The van der Waals surface area contributed by atoms with Crippen LogP contribution in [0.3, 0.4) is 0 Å². The summed E-state index contributed by atoms with van der Waals surface area (Å²) >= 11 is 0. The highest BCUT2D eigenvalue weighted by molar-refractivity contribution is 5.98. The lowest BCUT2D eigenvalue weighted by molar-refractivity contribution is 0.0912. The van der Waals surface area contributed by atoms with Crippen LogP contribution in [0.15, 0.2) is 54.6 Å². The third kappa shape index (κ3) is 3.09. The van der Waals surface area contributed by atoms with Gasteiger partial charge in [-0.2, -0.15) is 0 Å². The number of hydrogen-bond donors (Lipinski definition) is 1. The largest absolute Gasteiger partial charge is 0.323 e. The van der Waals surface area contributed by atoms with Gasteiger partial charge in [-0.25, -0.2) is 0 Å². The molecule has 0 amide bonds. The SMILES string of the molecule is Cc1cccc(C(=O)C(C)C(N)c2ccccc2)c1. The Morgan fingerprint density at radius 3 is 2.37 bits per heavy atom. The van der Waals surface area contributed by atoms with Gasteiger partial charge in [-0.15, -0.1) is 0 Å². The fourth-order valence-corrected chi connectivity index (χ4v) is 2.19. The third-order valence-corrected chi connectivity index (χ3v) is 3.44. The van der Waals surface area contributed by atoms with Gasteiger partial charge in [0.05, 0.1) is 0 Å². The summed E-state index contributed by atoms with van der Waals surface area (Å²) in [4.78, 5) is 12.4. The van der Waals surface area contributed by atoms with E-state index in [9.17, 15) is 4.79 Å². The zero-order valence-electron chi connectivity index (χ0n) is 11.3. The number of hydrogen-bond acceptors (Lipinski definition) is 2. The van der Waals surface area contributed by atoms with E-state index in [1.165, 1.54) is 0 Å². The Morgan fingerprint density at radius 1 is 1.05 bits per heavy atom. The molecule has 0 aliphatic carbocycles. The van der Waals surface area contributed by atoms with Gasteiger partial charge in [0.25, 0.3) is 0 Å².